The lowest BCUT2D eigenvalue weighted by atomic mass is 10.0. The van der Waals surface area contributed by atoms with E-state index in [9.17, 15) is 13.6 Å². The van der Waals surface area contributed by atoms with E-state index in [0.29, 0.717) is 6.54 Å². The van der Waals surface area contributed by atoms with Crippen LogP contribution >= 0.6 is 0 Å². The van der Waals surface area contributed by atoms with E-state index in [0.717, 1.165) is 42.6 Å². The molecule has 3 aromatic carbocycles. The van der Waals surface area contributed by atoms with E-state index in [1.54, 1.807) is 4.90 Å². The van der Waals surface area contributed by atoms with Crippen LogP contribution in [0.25, 0.3) is 17.1 Å². The minimum atomic E-state index is -0.965. The average molecular weight is 543 g/mol. The van der Waals surface area contributed by atoms with Crippen LogP contribution in [0.5, 0.6) is 0 Å². The van der Waals surface area contributed by atoms with Crippen molar-refractivity contribution < 1.29 is 13.6 Å². The number of halogens is 2. The number of rotatable bonds is 9. The van der Waals surface area contributed by atoms with Crippen LogP contribution in [0.3, 0.4) is 0 Å². The number of piperidine rings is 1. The van der Waals surface area contributed by atoms with Gasteiger partial charge in [-0.05, 0) is 75.2 Å². The largest absolute Gasteiger partial charge is 0.329 e. The van der Waals surface area contributed by atoms with Crippen molar-refractivity contribution in [2.45, 2.75) is 58.8 Å². The van der Waals surface area contributed by atoms with Gasteiger partial charge in [-0.25, -0.2) is 13.8 Å². The summed E-state index contributed by atoms with van der Waals surface area (Å²) in [7, 11) is 0. The first kappa shape index (κ1) is 27.7. The van der Waals surface area contributed by atoms with Crippen molar-refractivity contribution in [3.05, 3.63) is 107 Å². The van der Waals surface area contributed by atoms with Crippen LogP contribution in [-0.2, 0) is 24.4 Å². The van der Waals surface area contributed by atoms with E-state index in [1.807, 2.05) is 32.0 Å². The van der Waals surface area contributed by atoms with Crippen molar-refractivity contribution >= 4 is 23.0 Å². The number of hydrogen-bond donors (Lipinski definition) is 0. The monoisotopic (exact) mass is 542 g/mol. The Bertz CT molecular complexity index is 1500. The van der Waals surface area contributed by atoms with Gasteiger partial charge in [0.1, 0.15) is 5.82 Å². The van der Waals surface area contributed by atoms with Crippen LogP contribution in [-0.4, -0.2) is 44.4 Å². The average Bonchev–Trinajstić information content (AvgIpc) is 3.30. The maximum absolute atomic E-state index is 14.1. The van der Waals surface area contributed by atoms with Crippen molar-refractivity contribution in [3.63, 3.8) is 0 Å². The number of carbonyl (C=O) groups excluding carboxylic acids is 1. The number of nitrogens with zero attached hydrogens (tertiary/aromatic N) is 4. The van der Waals surface area contributed by atoms with Gasteiger partial charge in [-0.15, -0.1) is 0 Å². The predicted molar refractivity (Wildman–Crippen MR) is 155 cm³/mol. The molecule has 40 heavy (non-hydrogen) atoms. The summed E-state index contributed by atoms with van der Waals surface area (Å²) in [6, 6.07) is 20.4. The van der Waals surface area contributed by atoms with Crippen LogP contribution in [0.1, 0.15) is 55.6 Å². The normalized spacial score (nSPS) is 14.4. The summed E-state index contributed by atoms with van der Waals surface area (Å²) < 4.78 is 30.0. The maximum atomic E-state index is 14.1. The number of amides is 1. The summed E-state index contributed by atoms with van der Waals surface area (Å²) in [5.74, 6) is -1.42. The molecule has 0 saturated carbocycles. The van der Waals surface area contributed by atoms with Crippen LogP contribution in [0.4, 0.5) is 8.78 Å². The molecular formula is C33H36F2N4O. The highest BCUT2D eigenvalue weighted by atomic mass is 19.2. The van der Waals surface area contributed by atoms with Crippen LogP contribution < -0.4 is 0 Å². The molecule has 1 fully saturated rings. The van der Waals surface area contributed by atoms with E-state index in [2.05, 4.69) is 39.8 Å². The number of benzene rings is 3. The summed E-state index contributed by atoms with van der Waals surface area (Å²) in [5.41, 5.74) is 4.47. The van der Waals surface area contributed by atoms with Crippen molar-refractivity contribution in [1.29, 1.82) is 0 Å². The first-order valence-corrected chi connectivity index (χ1v) is 14.1. The summed E-state index contributed by atoms with van der Waals surface area (Å²) in [4.78, 5) is 22.5. The first-order chi connectivity index (χ1) is 19.4. The van der Waals surface area contributed by atoms with E-state index in [1.165, 1.54) is 54.7 Å². The smallest absolute Gasteiger partial charge is 0.247 e. The fraction of sp³-hybridized carbons (Fsp3) is 0.333. The second kappa shape index (κ2) is 12.6. The van der Waals surface area contributed by atoms with Gasteiger partial charge in [0.2, 0.25) is 5.91 Å². The highest BCUT2D eigenvalue weighted by Crippen LogP contribution is 2.23. The molecule has 1 aliphatic heterocycles. The second-order valence-corrected chi connectivity index (χ2v) is 10.7. The molecule has 0 atom stereocenters. The van der Waals surface area contributed by atoms with Gasteiger partial charge in [0.05, 0.1) is 17.6 Å². The quantitative estimate of drug-likeness (QED) is 0.219. The number of hydrogen-bond acceptors (Lipinski definition) is 3. The van der Waals surface area contributed by atoms with Gasteiger partial charge < -0.3 is 9.47 Å². The zero-order chi connectivity index (χ0) is 28.1. The lowest BCUT2D eigenvalue weighted by Crippen LogP contribution is -2.36. The molecule has 0 radical (unpaired) electrons. The highest BCUT2D eigenvalue weighted by Gasteiger charge is 2.21. The van der Waals surface area contributed by atoms with Gasteiger partial charge in [-0.2, -0.15) is 0 Å². The Hall–Kier alpha value is -3.84. The lowest BCUT2D eigenvalue weighted by Gasteiger charge is -2.28. The molecule has 0 aliphatic carbocycles. The Balaban J connectivity index is 1.43. The molecule has 0 N–H and O–H groups in total. The number of aromatic nitrogens is 2. The van der Waals surface area contributed by atoms with E-state index in [-0.39, 0.29) is 24.1 Å². The molecule has 0 spiro atoms. The highest BCUT2D eigenvalue weighted by molar-refractivity contribution is 5.92. The van der Waals surface area contributed by atoms with Gasteiger partial charge in [-0.3, -0.25) is 9.69 Å². The number of imidazole rings is 1. The molecule has 4 aromatic rings. The van der Waals surface area contributed by atoms with E-state index in [4.69, 9.17) is 4.98 Å². The summed E-state index contributed by atoms with van der Waals surface area (Å²) >= 11 is 0. The van der Waals surface area contributed by atoms with Crippen molar-refractivity contribution in [2.75, 3.05) is 13.1 Å². The van der Waals surface area contributed by atoms with Crippen molar-refractivity contribution in [1.82, 2.24) is 19.4 Å². The number of fused-ring (bicyclic) bond motifs is 1. The molecule has 0 bridgehead atoms. The zero-order valence-electron chi connectivity index (χ0n) is 23.2. The fourth-order valence-electron chi connectivity index (χ4n) is 5.39. The molecule has 208 valence electrons. The predicted octanol–water partition coefficient (Wildman–Crippen LogP) is 6.80. The number of carbonyl (C=O) groups is 1. The molecular weight excluding hydrogens is 506 g/mol. The van der Waals surface area contributed by atoms with Gasteiger partial charge >= 0.3 is 0 Å². The molecule has 5 nitrogen and oxygen atoms in total. The third-order valence-corrected chi connectivity index (χ3v) is 7.63. The second-order valence-electron chi connectivity index (χ2n) is 10.7. The van der Waals surface area contributed by atoms with Gasteiger partial charge in [0.15, 0.2) is 11.6 Å². The molecule has 1 aromatic heterocycles. The number of para-hydroxylation sites is 2. The molecule has 5 rings (SSSR count). The van der Waals surface area contributed by atoms with Crippen LogP contribution in [0.15, 0.2) is 72.8 Å². The first-order valence-electron chi connectivity index (χ1n) is 14.1. The van der Waals surface area contributed by atoms with Gasteiger partial charge in [0, 0.05) is 30.8 Å². The Morgan fingerprint density at radius 2 is 1.62 bits per heavy atom. The SMILES string of the molecule is CC(C)N(Cc1nc2ccccc2n1Cc1ccccc1CN1CCCCC1)C(=O)/C=C/c1cccc(F)c1F. The summed E-state index contributed by atoms with van der Waals surface area (Å²) in [6.45, 7) is 8.00. The molecule has 7 heteroatoms. The van der Waals surface area contributed by atoms with Gasteiger partial charge in [0.25, 0.3) is 0 Å². The Labute approximate surface area is 234 Å². The van der Waals surface area contributed by atoms with Crippen molar-refractivity contribution in [2.24, 2.45) is 0 Å². The van der Waals surface area contributed by atoms with Gasteiger partial charge in [-0.1, -0.05) is 55.0 Å². The fourth-order valence-corrected chi connectivity index (χ4v) is 5.39. The topological polar surface area (TPSA) is 41.4 Å². The van der Waals surface area contributed by atoms with Crippen LogP contribution in [0, 0.1) is 11.6 Å². The Kier molecular flexibility index (Phi) is 8.70. The molecule has 1 saturated heterocycles. The van der Waals surface area contributed by atoms with E-state index < -0.39 is 11.6 Å². The third-order valence-electron chi connectivity index (χ3n) is 7.63. The van der Waals surface area contributed by atoms with E-state index >= 15 is 0 Å². The molecule has 0 unspecified atom stereocenters. The maximum Gasteiger partial charge on any atom is 0.247 e. The standard InChI is InChI=1S/C33H36F2N4O/c1-24(2)38(32(40)18-17-25-13-10-14-28(34)33(25)35)23-31-36-29-15-6-7-16-30(29)39(31)22-27-12-5-4-11-26(27)21-37-19-8-3-9-20-37/h4-7,10-18,24H,3,8-9,19-23H2,1-2H3/b18-17+. The summed E-state index contributed by atoms with van der Waals surface area (Å²) in [5, 5.41) is 0. The minimum absolute atomic E-state index is 0.0367. The summed E-state index contributed by atoms with van der Waals surface area (Å²) in [6.07, 6.45) is 6.43. The molecule has 2 heterocycles. The lowest BCUT2D eigenvalue weighted by molar-refractivity contribution is -0.128. The number of likely N-dealkylation sites (tertiary alicyclic amines) is 1. The van der Waals surface area contributed by atoms with Crippen molar-refractivity contribution in [3.8, 4) is 0 Å². The molecule has 1 aliphatic rings. The zero-order valence-corrected chi connectivity index (χ0v) is 23.2. The minimum Gasteiger partial charge on any atom is -0.329 e. The van der Waals surface area contributed by atoms with Crippen LogP contribution in [0.2, 0.25) is 0 Å². The third kappa shape index (κ3) is 6.31. The Morgan fingerprint density at radius 3 is 2.38 bits per heavy atom. The molecule has 1 amide bonds. The Morgan fingerprint density at radius 1 is 0.925 bits per heavy atom.